The molecule has 6 nitrogen and oxygen atoms in total. The highest BCUT2D eigenvalue weighted by Gasteiger charge is 2.21. The van der Waals surface area contributed by atoms with Crippen LogP contribution in [0.25, 0.3) is 0 Å². The van der Waals surface area contributed by atoms with Gasteiger partial charge in [-0.05, 0) is 18.9 Å². The SMILES string of the molecule is COc1ccc([N+](=O)[O-])cc1N1CCC(O)CC1. The number of aliphatic hydroxyl groups excluding tert-OH is 1. The molecule has 1 aromatic carbocycles. The lowest BCUT2D eigenvalue weighted by Gasteiger charge is -2.32. The zero-order chi connectivity index (χ0) is 13.1. The van der Waals surface area contributed by atoms with Crippen LogP contribution in [0.2, 0.25) is 0 Å². The van der Waals surface area contributed by atoms with Crippen molar-refractivity contribution in [3.63, 3.8) is 0 Å². The molecule has 0 spiro atoms. The summed E-state index contributed by atoms with van der Waals surface area (Å²) in [5.41, 5.74) is 0.774. The Labute approximate surface area is 105 Å². The lowest BCUT2D eigenvalue weighted by molar-refractivity contribution is -0.384. The molecule has 0 radical (unpaired) electrons. The Bertz CT molecular complexity index is 442. The quantitative estimate of drug-likeness (QED) is 0.652. The van der Waals surface area contributed by atoms with Crippen molar-refractivity contribution in [2.75, 3.05) is 25.1 Å². The van der Waals surface area contributed by atoms with Crippen LogP contribution in [0.5, 0.6) is 5.75 Å². The van der Waals surface area contributed by atoms with Crippen LogP contribution in [0, 0.1) is 10.1 Å². The van der Waals surface area contributed by atoms with E-state index in [9.17, 15) is 15.2 Å². The molecule has 0 aromatic heterocycles. The molecule has 0 bridgehead atoms. The number of hydrogen-bond donors (Lipinski definition) is 1. The van der Waals surface area contributed by atoms with E-state index in [4.69, 9.17) is 4.74 Å². The topological polar surface area (TPSA) is 75.8 Å². The van der Waals surface area contributed by atoms with Crippen molar-refractivity contribution < 1.29 is 14.8 Å². The Morgan fingerprint density at radius 1 is 1.44 bits per heavy atom. The molecule has 1 fully saturated rings. The van der Waals surface area contributed by atoms with Gasteiger partial charge in [0.1, 0.15) is 5.75 Å². The summed E-state index contributed by atoms with van der Waals surface area (Å²) in [5, 5.41) is 20.3. The van der Waals surface area contributed by atoms with Crippen molar-refractivity contribution in [3.05, 3.63) is 28.3 Å². The second-order valence-electron chi connectivity index (χ2n) is 4.33. The molecular formula is C12H16N2O4. The monoisotopic (exact) mass is 252 g/mol. The van der Waals surface area contributed by atoms with Gasteiger partial charge in [0.05, 0.1) is 23.8 Å². The van der Waals surface area contributed by atoms with Gasteiger partial charge in [0.25, 0.3) is 5.69 Å². The molecule has 18 heavy (non-hydrogen) atoms. The molecule has 98 valence electrons. The molecule has 1 saturated heterocycles. The van der Waals surface area contributed by atoms with Crippen LogP contribution >= 0.6 is 0 Å². The first-order chi connectivity index (χ1) is 8.61. The van der Waals surface area contributed by atoms with Crippen molar-refractivity contribution in [1.29, 1.82) is 0 Å². The number of nitrogens with zero attached hydrogens (tertiary/aromatic N) is 2. The molecule has 0 amide bonds. The maximum Gasteiger partial charge on any atom is 0.271 e. The zero-order valence-electron chi connectivity index (χ0n) is 10.2. The van der Waals surface area contributed by atoms with E-state index in [0.29, 0.717) is 31.7 Å². The number of ether oxygens (including phenoxy) is 1. The van der Waals surface area contributed by atoms with E-state index >= 15 is 0 Å². The van der Waals surface area contributed by atoms with Crippen LogP contribution in [-0.2, 0) is 0 Å². The summed E-state index contributed by atoms with van der Waals surface area (Å²) >= 11 is 0. The number of methoxy groups -OCH3 is 1. The average molecular weight is 252 g/mol. The highest BCUT2D eigenvalue weighted by molar-refractivity contribution is 5.63. The molecule has 1 aliphatic rings. The normalized spacial score (nSPS) is 16.7. The lowest BCUT2D eigenvalue weighted by atomic mass is 10.1. The summed E-state index contributed by atoms with van der Waals surface area (Å²) < 4.78 is 5.23. The molecule has 2 rings (SSSR count). The van der Waals surface area contributed by atoms with E-state index in [1.165, 1.54) is 12.1 Å². The number of nitro benzene ring substituents is 1. The lowest BCUT2D eigenvalue weighted by Crippen LogP contribution is -2.36. The van der Waals surface area contributed by atoms with Crippen LogP contribution in [-0.4, -0.2) is 36.3 Å². The van der Waals surface area contributed by atoms with Gasteiger partial charge in [-0.15, -0.1) is 0 Å². The Hall–Kier alpha value is -1.82. The zero-order valence-corrected chi connectivity index (χ0v) is 10.2. The van der Waals surface area contributed by atoms with E-state index in [0.717, 1.165) is 5.69 Å². The number of rotatable bonds is 3. The van der Waals surface area contributed by atoms with Crippen LogP contribution in [0.4, 0.5) is 11.4 Å². The van der Waals surface area contributed by atoms with Gasteiger partial charge in [-0.3, -0.25) is 10.1 Å². The van der Waals surface area contributed by atoms with Crippen LogP contribution < -0.4 is 9.64 Å². The van der Waals surface area contributed by atoms with Gasteiger partial charge in [-0.2, -0.15) is 0 Å². The number of anilines is 1. The third-order valence-electron chi connectivity index (χ3n) is 3.18. The average Bonchev–Trinajstić information content (AvgIpc) is 2.39. The molecule has 1 N–H and O–H groups in total. The predicted octanol–water partition coefficient (Wildman–Crippen LogP) is 1.56. The van der Waals surface area contributed by atoms with Gasteiger partial charge in [0.2, 0.25) is 0 Å². The van der Waals surface area contributed by atoms with Gasteiger partial charge in [0.15, 0.2) is 0 Å². The van der Waals surface area contributed by atoms with E-state index in [-0.39, 0.29) is 11.8 Å². The van der Waals surface area contributed by atoms with Crippen molar-refractivity contribution in [2.45, 2.75) is 18.9 Å². The van der Waals surface area contributed by atoms with Gasteiger partial charge < -0.3 is 14.7 Å². The Kier molecular flexibility index (Phi) is 3.66. The largest absolute Gasteiger partial charge is 0.495 e. The van der Waals surface area contributed by atoms with E-state index < -0.39 is 4.92 Å². The summed E-state index contributed by atoms with van der Waals surface area (Å²) in [5.74, 6) is 0.622. The fraction of sp³-hybridized carbons (Fsp3) is 0.500. The minimum Gasteiger partial charge on any atom is -0.495 e. The fourth-order valence-electron chi connectivity index (χ4n) is 2.15. The van der Waals surface area contributed by atoms with E-state index in [1.807, 2.05) is 4.90 Å². The Balaban J connectivity index is 2.29. The fourth-order valence-corrected chi connectivity index (χ4v) is 2.15. The van der Waals surface area contributed by atoms with Crippen molar-refractivity contribution >= 4 is 11.4 Å². The molecule has 0 atom stereocenters. The predicted molar refractivity (Wildman–Crippen MR) is 67.1 cm³/mol. The highest BCUT2D eigenvalue weighted by Crippen LogP contribution is 2.33. The Morgan fingerprint density at radius 2 is 2.11 bits per heavy atom. The number of non-ortho nitro benzene ring substituents is 1. The number of benzene rings is 1. The number of hydrogen-bond acceptors (Lipinski definition) is 5. The second kappa shape index (κ2) is 5.22. The van der Waals surface area contributed by atoms with Crippen molar-refractivity contribution in [1.82, 2.24) is 0 Å². The maximum absolute atomic E-state index is 10.8. The standard InChI is InChI=1S/C12H16N2O4/c1-18-12-3-2-9(14(16)17)8-11(12)13-6-4-10(15)5-7-13/h2-3,8,10,15H,4-7H2,1H3. The Morgan fingerprint density at radius 3 is 2.67 bits per heavy atom. The van der Waals surface area contributed by atoms with Crippen LogP contribution in [0.15, 0.2) is 18.2 Å². The third-order valence-corrected chi connectivity index (χ3v) is 3.18. The molecular weight excluding hydrogens is 236 g/mol. The van der Waals surface area contributed by atoms with Crippen LogP contribution in [0.3, 0.4) is 0 Å². The summed E-state index contributed by atoms with van der Waals surface area (Å²) in [6.45, 7) is 1.36. The van der Waals surface area contributed by atoms with Crippen molar-refractivity contribution in [3.8, 4) is 5.75 Å². The first kappa shape index (κ1) is 12.6. The third kappa shape index (κ3) is 2.53. The summed E-state index contributed by atoms with van der Waals surface area (Å²) in [4.78, 5) is 12.4. The molecule has 0 aliphatic carbocycles. The van der Waals surface area contributed by atoms with Crippen molar-refractivity contribution in [2.24, 2.45) is 0 Å². The minimum atomic E-state index is -0.415. The van der Waals surface area contributed by atoms with Gasteiger partial charge in [-0.1, -0.05) is 0 Å². The highest BCUT2D eigenvalue weighted by atomic mass is 16.6. The molecule has 0 unspecified atom stereocenters. The maximum atomic E-state index is 10.8. The molecule has 1 aromatic rings. The first-order valence-corrected chi connectivity index (χ1v) is 5.87. The number of nitro groups is 1. The summed E-state index contributed by atoms with van der Waals surface area (Å²) in [7, 11) is 1.55. The summed E-state index contributed by atoms with van der Waals surface area (Å²) in [6.07, 6.45) is 1.07. The van der Waals surface area contributed by atoms with E-state index in [1.54, 1.807) is 13.2 Å². The number of piperidine rings is 1. The van der Waals surface area contributed by atoms with Gasteiger partial charge >= 0.3 is 0 Å². The first-order valence-electron chi connectivity index (χ1n) is 5.87. The molecule has 1 heterocycles. The van der Waals surface area contributed by atoms with E-state index in [2.05, 4.69) is 0 Å². The van der Waals surface area contributed by atoms with Gasteiger partial charge in [-0.25, -0.2) is 0 Å². The number of aliphatic hydroxyl groups is 1. The molecule has 6 heteroatoms. The second-order valence-corrected chi connectivity index (χ2v) is 4.33. The van der Waals surface area contributed by atoms with Gasteiger partial charge in [0, 0.05) is 25.2 Å². The van der Waals surface area contributed by atoms with Crippen LogP contribution in [0.1, 0.15) is 12.8 Å². The molecule has 1 aliphatic heterocycles. The molecule has 0 saturated carbocycles. The summed E-state index contributed by atoms with van der Waals surface area (Å²) in [6, 6.07) is 4.57. The smallest absolute Gasteiger partial charge is 0.271 e. The minimum absolute atomic E-state index is 0.0527.